The second-order valence-electron chi connectivity index (χ2n) is 5.78. The van der Waals surface area contributed by atoms with Crippen molar-refractivity contribution in [2.75, 3.05) is 13.1 Å². The van der Waals surface area contributed by atoms with Gasteiger partial charge in [0.1, 0.15) is 6.54 Å². The summed E-state index contributed by atoms with van der Waals surface area (Å²) in [6.45, 7) is -1.19. The Morgan fingerprint density at radius 2 is 1.90 bits per heavy atom. The molecule has 2 unspecified atom stereocenters. The van der Waals surface area contributed by atoms with E-state index in [0.29, 0.717) is 12.3 Å². The van der Waals surface area contributed by atoms with Gasteiger partial charge in [0, 0.05) is 12.6 Å². The maximum atomic E-state index is 12.1. The van der Waals surface area contributed by atoms with Crippen LogP contribution in [-0.4, -0.2) is 47.4 Å². The van der Waals surface area contributed by atoms with Gasteiger partial charge in [0.25, 0.3) is 0 Å². The zero-order chi connectivity index (χ0) is 14.8. The van der Waals surface area contributed by atoms with Gasteiger partial charge in [0.2, 0.25) is 0 Å². The number of carbonyl (C=O) groups excluding carboxylic acids is 1. The van der Waals surface area contributed by atoms with E-state index in [1.165, 1.54) is 11.3 Å². The SMILES string of the molecule is O=C(NCC(F)(F)F)N1CC(O)CC1C1CCCCC1. The molecule has 4 nitrogen and oxygen atoms in total. The minimum atomic E-state index is -4.41. The van der Waals surface area contributed by atoms with Crippen molar-refractivity contribution < 1.29 is 23.1 Å². The van der Waals surface area contributed by atoms with Crippen LogP contribution < -0.4 is 5.32 Å². The van der Waals surface area contributed by atoms with Gasteiger partial charge in [-0.25, -0.2) is 4.79 Å². The van der Waals surface area contributed by atoms with Crippen molar-refractivity contribution in [3.8, 4) is 0 Å². The number of carbonyl (C=O) groups is 1. The fourth-order valence-corrected chi connectivity index (χ4v) is 3.32. The third-order valence-corrected chi connectivity index (χ3v) is 4.22. The van der Waals surface area contributed by atoms with E-state index in [-0.39, 0.29) is 12.6 Å². The van der Waals surface area contributed by atoms with Crippen LogP contribution in [0.5, 0.6) is 0 Å². The first-order valence-electron chi connectivity index (χ1n) is 7.16. The van der Waals surface area contributed by atoms with E-state index in [0.717, 1.165) is 25.7 Å². The topological polar surface area (TPSA) is 52.6 Å². The van der Waals surface area contributed by atoms with E-state index < -0.39 is 24.9 Å². The predicted molar refractivity (Wildman–Crippen MR) is 67.1 cm³/mol. The Morgan fingerprint density at radius 1 is 1.25 bits per heavy atom. The van der Waals surface area contributed by atoms with Gasteiger partial charge in [-0.1, -0.05) is 19.3 Å². The lowest BCUT2D eigenvalue weighted by Gasteiger charge is -2.33. The van der Waals surface area contributed by atoms with Gasteiger partial charge in [-0.15, -0.1) is 0 Å². The van der Waals surface area contributed by atoms with Gasteiger partial charge >= 0.3 is 12.2 Å². The Hall–Kier alpha value is -0.980. The number of alkyl halides is 3. The lowest BCUT2D eigenvalue weighted by atomic mass is 9.83. The summed E-state index contributed by atoms with van der Waals surface area (Å²) in [5.41, 5.74) is 0. The summed E-state index contributed by atoms with van der Waals surface area (Å²) in [5, 5.41) is 11.6. The molecule has 1 saturated carbocycles. The molecule has 2 fully saturated rings. The molecule has 0 aromatic rings. The number of hydrogen-bond donors (Lipinski definition) is 2. The lowest BCUT2D eigenvalue weighted by Crippen LogP contribution is -2.48. The molecule has 2 N–H and O–H groups in total. The van der Waals surface area contributed by atoms with Gasteiger partial charge in [0.05, 0.1) is 6.10 Å². The van der Waals surface area contributed by atoms with Crippen LogP contribution in [0.15, 0.2) is 0 Å². The van der Waals surface area contributed by atoms with Crippen LogP contribution in [0.1, 0.15) is 38.5 Å². The number of likely N-dealkylation sites (tertiary alicyclic amines) is 1. The number of nitrogens with one attached hydrogen (secondary N) is 1. The van der Waals surface area contributed by atoms with Crippen LogP contribution in [-0.2, 0) is 0 Å². The lowest BCUT2D eigenvalue weighted by molar-refractivity contribution is -0.123. The number of aliphatic hydroxyl groups excluding tert-OH is 1. The summed E-state index contributed by atoms with van der Waals surface area (Å²) in [5.74, 6) is 0.303. The van der Waals surface area contributed by atoms with Crippen LogP contribution >= 0.6 is 0 Å². The van der Waals surface area contributed by atoms with Crippen molar-refractivity contribution >= 4 is 6.03 Å². The third kappa shape index (κ3) is 4.01. The molecule has 1 aliphatic heterocycles. The average molecular weight is 294 g/mol. The zero-order valence-corrected chi connectivity index (χ0v) is 11.3. The Labute approximate surface area is 116 Å². The number of β-amino-alcohol motifs (C(OH)–C–C–N with tert-alkyl or cyclic N) is 1. The van der Waals surface area contributed by atoms with Gasteiger partial charge in [0.15, 0.2) is 0 Å². The maximum Gasteiger partial charge on any atom is 0.405 e. The van der Waals surface area contributed by atoms with Crippen molar-refractivity contribution in [1.29, 1.82) is 0 Å². The van der Waals surface area contributed by atoms with Crippen LogP contribution in [0.25, 0.3) is 0 Å². The molecule has 1 saturated heterocycles. The van der Waals surface area contributed by atoms with Crippen molar-refractivity contribution in [3.05, 3.63) is 0 Å². The van der Waals surface area contributed by atoms with E-state index >= 15 is 0 Å². The molecule has 1 heterocycles. The van der Waals surface area contributed by atoms with Gasteiger partial charge in [-0.2, -0.15) is 13.2 Å². The molecule has 2 aliphatic rings. The summed E-state index contributed by atoms with van der Waals surface area (Å²) >= 11 is 0. The monoisotopic (exact) mass is 294 g/mol. The fraction of sp³-hybridized carbons (Fsp3) is 0.923. The summed E-state index contributed by atoms with van der Waals surface area (Å²) < 4.78 is 36.4. The highest BCUT2D eigenvalue weighted by molar-refractivity contribution is 5.75. The maximum absolute atomic E-state index is 12.1. The molecule has 0 aromatic carbocycles. The van der Waals surface area contributed by atoms with Gasteiger partial charge in [-0.3, -0.25) is 0 Å². The first-order valence-corrected chi connectivity index (χ1v) is 7.16. The number of rotatable bonds is 2. The summed E-state index contributed by atoms with van der Waals surface area (Å²) in [6, 6.07) is -0.840. The van der Waals surface area contributed by atoms with Crippen molar-refractivity contribution in [3.63, 3.8) is 0 Å². The van der Waals surface area contributed by atoms with Crippen molar-refractivity contribution in [1.82, 2.24) is 10.2 Å². The minimum Gasteiger partial charge on any atom is -0.391 e. The van der Waals surface area contributed by atoms with E-state index in [1.54, 1.807) is 0 Å². The normalized spacial score (nSPS) is 28.7. The Morgan fingerprint density at radius 3 is 2.50 bits per heavy atom. The highest BCUT2D eigenvalue weighted by Crippen LogP contribution is 2.34. The highest BCUT2D eigenvalue weighted by Gasteiger charge is 2.40. The van der Waals surface area contributed by atoms with E-state index in [1.807, 2.05) is 5.32 Å². The van der Waals surface area contributed by atoms with Gasteiger partial charge in [-0.05, 0) is 25.2 Å². The number of aliphatic hydroxyl groups is 1. The molecule has 0 spiro atoms. The summed E-state index contributed by atoms with van der Waals surface area (Å²) in [6.07, 6.45) is 0.772. The molecule has 2 atom stereocenters. The molecule has 2 amide bonds. The van der Waals surface area contributed by atoms with Crippen LogP contribution in [0, 0.1) is 5.92 Å². The highest BCUT2D eigenvalue weighted by atomic mass is 19.4. The second-order valence-corrected chi connectivity index (χ2v) is 5.78. The molecule has 20 heavy (non-hydrogen) atoms. The Balaban J connectivity index is 1.94. The Kier molecular flexibility index (Phi) is 4.78. The first kappa shape index (κ1) is 15.4. The molecule has 1 aliphatic carbocycles. The molecular weight excluding hydrogens is 273 g/mol. The third-order valence-electron chi connectivity index (χ3n) is 4.22. The number of nitrogens with zero attached hydrogens (tertiary/aromatic N) is 1. The second kappa shape index (κ2) is 6.20. The molecule has 0 radical (unpaired) electrons. The zero-order valence-electron chi connectivity index (χ0n) is 11.3. The number of urea groups is 1. The van der Waals surface area contributed by atoms with E-state index in [2.05, 4.69) is 0 Å². The van der Waals surface area contributed by atoms with Crippen LogP contribution in [0.4, 0.5) is 18.0 Å². The first-order chi connectivity index (χ1) is 9.37. The quantitative estimate of drug-likeness (QED) is 0.821. The van der Waals surface area contributed by atoms with Crippen molar-refractivity contribution in [2.45, 2.75) is 56.8 Å². The summed E-state index contributed by atoms with van der Waals surface area (Å²) in [7, 11) is 0. The minimum absolute atomic E-state index is 0.126. The Bertz CT molecular complexity index is 343. The largest absolute Gasteiger partial charge is 0.405 e. The van der Waals surface area contributed by atoms with E-state index in [9.17, 15) is 23.1 Å². The molecule has 2 rings (SSSR count). The number of halogens is 3. The smallest absolute Gasteiger partial charge is 0.391 e. The molecule has 7 heteroatoms. The standard InChI is InChI=1S/C13H21F3N2O2/c14-13(15,16)8-17-12(20)18-7-10(19)6-11(18)9-4-2-1-3-5-9/h9-11,19H,1-8H2,(H,17,20). The predicted octanol–water partition coefficient (Wildman–Crippen LogP) is 2.27. The molecular formula is C13H21F3N2O2. The number of hydrogen-bond acceptors (Lipinski definition) is 2. The van der Waals surface area contributed by atoms with Crippen LogP contribution in [0.3, 0.4) is 0 Å². The number of amides is 2. The summed E-state index contributed by atoms with van der Waals surface area (Å²) in [4.78, 5) is 13.3. The average Bonchev–Trinajstić information content (AvgIpc) is 2.78. The van der Waals surface area contributed by atoms with Gasteiger partial charge < -0.3 is 15.3 Å². The molecule has 116 valence electrons. The molecule has 0 bridgehead atoms. The van der Waals surface area contributed by atoms with E-state index in [4.69, 9.17) is 0 Å². The molecule has 0 aromatic heterocycles. The van der Waals surface area contributed by atoms with Crippen LogP contribution in [0.2, 0.25) is 0 Å². The fourth-order valence-electron chi connectivity index (χ4n) is 3.32. The van der Waals surface area contributed by atoms with Crippen molar-refractivity contribution in [2.24, 2.45) is 5.92 Å².